The van der Waals surface area contributed by atoms with E-state index in [1.807, 2.05) is 0 Å². The fourth-order valence-corrected chi connectivity index (χ4v) is 3.42. The maximum Gasteiger partial charge on any atom is -0.00485 e. The second kappa shape index (κ2) is 2.04. The molecule has 2 bridgehead atoms. The van der Waals surface area contributed by atoms with Crippen LogP contribution >= 0.6 is 0 Å². The van der Waals surface area contributed by atoms with Gasteiger partial charge in [0.25, 0.3) is 0 Å². The van der Waals surface area contributed by atoms with E-state index < -0.39 is 0 Å². The summed E-state index contributed by atoms with van der Waals surface area (Å²) in [4.78, 5) is 0. The standard InChI is InChI=1S/C13H22/c1-11(2,3)10-7-9-8-13(10,6)12(9,4)5/h7,9H,8H2,1-6H3. The summed E-state index contributed by atoms with van der Waals surface area (Å²) in [7, 11) is 0. The van der Waals surface area contributed by atoms with E-state index in [4.69, 9.17) is 0 Å². The second-order valence-electron chi connectivity index (χ2n) is 6.69. The molecule has 0 heteroatoms. The van der Waals surface area contributed by atoms with Gasteiger partial charge in [-0.25, -0.2) is 0 Å². The zero-order valence-electron chi connectivity index (χ0n) is 9.86. The Morgan fingerprint density at radius 1 is 1.23 bits per heavy atom. The molecule has 0 radical (unpaired) electrons. The van der Waals surface area contributed by atoms with E-state index in [1.165, 1.54) is 6.42 Å². The van der Waals surface area contributed by atoms with Gasteiger partial charge in [0.2, 0.25) is 0 Å². The molecule has 0 nitrogen and oxygen atoms in total. The van der Waals surface area contributed by atoms with Crippen molar-refractivity contribution in [2.75, 3.05) is 0 Å². The zero-order valence-corrected chi connectivity index (χ0v) is 9.86. The fraction of sp³-hybridized carbons (Fsp3) is 0.846. The van der Waals surface area contributed by atoms with Crippen LogP contribution in [0, 0.1) is 22.2 Å². The highest BCUT2D eigenvalue weighted by atomic mass is 14.7. The van der Waals surface area contributed by atoms with E-state index in [-0.39, 0.29) is 0 Å². The average Bonchev–Trinajstić information content (AvgIpc) is 2.37. The lowest BCUT2D eigenvalue weighted by atomic mass is 9.47. The van der Waals surface area contributed by atoms with Crippen molar-refractivity contribution in [2.45, 2.75) is 48.0 Å². The van der Waals surface area contributed by atoms with Gasteiger partial charge in [0, 0.05) is 0 Å². The van der Waals surface area contributed by atoms with Gasteiger partial charge in [-0.05, 0) is 28.6 Å². The zero-order chi connectivity index (χ0) is 10.1. The molecular weight excluding hydrogens is 156 g/mol. The minimum Gasteiger partial charge on any atom is -0.0805 e. The highest BCUT2D eigenvalue weighted by Crippen LogP contribution is 2.72. The average molecular weight is 178 g/mol. The van der Waals surface area contributed by atoms with Gasteiger partial charge in [-0.3, -0.25) is 0 Å². The van der Waals surface area contributed by atoms with Gasteiger partial charge in [0.05, 0.1) is 0 Å². The summed E-state index contributed by atoms with van der Waals surface area (Å²) in [5.41, 5.74) is 3.10. The van der Waals surface area contributed by atoms with E-state index >= 15 is 0 Å². The fourth-order valence-electron chi connectivity index (χ4n) is 3.42. The summed E-state index contributed by atoms with van der Waals surface area (Å²) in [5, 5.41) is 0. The second-order valence-corrected chi connectivity index (χ2v) is 6.69. The summed E-state index contributed by atoms with van der Waals surface area (Å²) in [6.45, 7) is 14.4. The first-order chi connectivity index (χ1) is 5.69. The third-order valence-electron chi connectivity index (χ3n) is 4.75. The van der Waals surface area contributed by atoms with Gasteiger partial charge < -0.3 is 0 Å². The Morgan fingerprint density at radius 3 is 1.92 bits per heavy atom. The third-order valence-corrected chi connectivity index (χ3v) is 4.75. The van der Waals surface area contributed by atoms with Gasteiger partial charge in [0.1, 0.15) is 0 Å². The van der Waals surface area contributed by atoms with Crippen LogP contribution in [0.25, 0.3) is 0 Å². The lowest BCUT2D eigenvalue weighted by Gasteiger charge is -2.56. The molecule has 0 spiro atoms. The van der Waals surface area contributed by atoms with Crippen molar-refractivity contribution in [1.82, 2.24) is 0 Å². The minimum absolute atomic E-state index is 0.372. The minimum atomic E-state index is 0.372. The van der Waals surface area contributed by atoms with Gasteiger partial charge in [-0.1, -0.05) is 53.2 Å². The molecule has 74 valence electrons. The van der Waals surface area contributed by atoms with Gasteiger partial charge in [-0.2, -0.15) is 0 Å². The Bertz CT molecular complexity index is 275. The molecule has 1 saturated carbocycles. The van der Waals surface area contributed by atoms with Crippen molar-refractivity contribution < 1.29 is 0 Å². The smallest absolute Gasteiger partial charge is 0.00485 e. The molecule has 13 heavy (non-hydrogen) atoms. The van der Waals surface area contributed by atoms with Crippen LogP contribution < -0.4 is 0 Å². The van der Waals surface area contributed by atoms with E-state index in [1.54, 1.807) is 5.57 Å². The predicted molar refractivity (Wildman–Crippen MR) is 57.5 cm³/mol. The van der Waals surface area contributed by atoms with Gasteiger partial charge in [-0.15, -0.1) is 0 Å². The van der Waals surface area contributed by atoms with Crippen LogP contribution in [-0.4, -0.2) is 0 Å². The van der Waals surface area contributed by atoms with Crippen molar-refractivity contribution in [1.29, 1.82) is 0 Å². The van der Waals surface area contributed by atoms with Crippen molar-refractivity contribution in [3.05, 3.63) is 11.6 Å². The van der Waals surface area contributed by atoms with Crippen LogP contribution in [0.5, 0.6) is 0 Å². The molecule has 3 aliphatic rings. The molecule has 0 aromatic heterocycles. The van der Waals surface area contributed by atoms with E-state index in [0.717, 1.165) is 5.92 Å². The Kier molecular flexibility index (Phi) is 1.46. The van der Waals surface area contributed by atoms with Crippen molar-refractivity contribution >= 4 is 0 Å². The SMILES string of the molecule is CC(C)(C)C1=CC2CC1(C)C2(C)C. The Labute approximate surface area is 82.4 Å². The lowest BCUT2D eigenvalue weighted by molar-refractivity contribution is -0.0339. The van der Waals surface area contributed by atoms with E-state index in [9.17, 15) is 0 Å². The molecule has 2 atom stereocenters. The maximum atomic E-state index is 2.56. The Hall–Kier alpha value is -0.260. The normalized spacial score (nSPS) is 41.4. The van der Waals surface area contributed by atoms with Crippen molar-refractivity contribution in [2.24, 2.45) is 22.2 Å². The number of hydrogen-bond donors (Lipinski definition) is 0. The first-order valence-electron chi connectivity index (χ1n) is 5.42. The molecule has 3 aliphatic carbocycles. The van der Waals surface area contributed by atoms with Crippen molar-refractivity contribution in [3.8, 4) is 0 Å². The predicted octanol–water partition coefficient (Wildman–Crippen LogP) is 4.02. The van der Waals surface area contributed by atoms with E-state index in [0.29, 0.717) is 16.2 Å². The third kappa shape index (κ3) is 0.872. The number of rotatable bonds is 0. The number of allylic oxidation sites excluding steroid dienone is 2. The number of hydrogen-bond acceptors (Lipinski definition) is 0. The molecule has 1 fully saturated rings. The van der Waals surface area contributed by atoms with Crippen LogP contribution in [0.3, 0.4) is 0 Å². The summed E-state index contributed by atoms with van der Waals surface area (Å²) < 4.78 is 0. The highest BCUT2D eigenvalue weighted by molar-refractivity contribution is 5.39. The first-order valence-corrected chi connectivity index (χ1v) is 5.42. The Morgan fingerprint density at radius 2 is 1.77 bits per heavy atom. The molecule has 0 N–H and O–H groups in total. The van der Waals surface area contributed by atoms with Gasteiger partial charge >= 0.3 is 0 Å². The molecule has 3 rings (SSSR count). The maximum absolute atomic E-state index is 2.56. The van der Waals surface area contributed by atoms with Crippen LogP contribution in [-0.2, 0) is 0 Å². The molecule has 0 saturated heterocycles. The molecule has 0 heterocycles. The highest BCUT2D eigenvalue weighted by Gasteiger charge is 2.63. The van der Waals surface area contributed by atoms with Crippen LogP contribution in [0.15, 0.2) is 11.6 Å². The summed E-state index contributed by atoms with van der Waals surface area (Å²) in [6, 6.07) is 0. The summed E-state index contributed by atoms with van der Waals surface area (Å²) in [6.07, 6.45) is 3.95. The molecular formula is C13H22. The molecule has 0 amide bonds. The van der Waals surface area contributed by atoms with E-state index in [2.05, 4.69) is 47.6 Å². The van der Waals surface area contributed by atoms with Crippen LogP contribution in [0.2, 0.25) is 0 Å². The molecule has 0 aliphatic heterocycles. The lowest BCUT2D eigenvalue weighted by Crippen LogP contribution is -2.49. The molecule has 0 aromatic rings. The first kappa shape index (κ1) is 9.30. The quantitative estimate of drug-likeness (QED) is 0.491. The monoisotopic (exact) mass is 178 g/mol. The Balaban J connectivity index is 2.39. The summed E-state index contributed by atoms with van der Waals surface area (Å²) >= 11 is 0. The molecule has 0 aromatic carbocycles. The largest absolute Gasteiger partial charge is 0.0805 e. The molecule has 2 unspecified atom stereocenters. The summed E-state index contributed by atoms with van der Waals surface area (Å²) in [5.74, 6) is 0.853. The van der Waals surface area contributed by atoms with Crippen LogP contribution in [0.1, 0.15) is 48.0 Å². The topological polar surface area (TPSA) is 0 Å². The van der Waals surface area contributed by atoms with Crippen LogP contribution in [0.4, 0.5) is 0 Å². The van der Waals surface area contributed by atoms with Crippen molar-refractivity contribution in [3.63, 3.8) is 0 Å². The van der Waals surface area contributed by atoms with Gasteiger partial charge in [0.15, 0.2) is 0 Å².